The molecule has 0 aliphatic heterocycles. The van der Waals surface area contributed by atoms with Gasteiger partial charge in [0.05, 0.1) is 12.7 Å². The molecule has 0 bridgehead atoms. The summed E-state index contributed by atoms with van der Waals surface area (Å²) < 4.78 is 5.16. The average molecular weight is 258 g/mol. The van der Waals surface area contributed by atoms with Crippen molar-refractivity contribution in [2.45, 2.75) is 45.2 Å². The van der Waals surface area contributed by atoms with Crippen molar-refractivity contribution >= 4 is 0 Å². The molecule has 0 radical (unpaired) electrons. The molecule has 1 aromatic carbocycles. The van der Waals surface area contributed by atoms with Gasteiger partial charge < -0.3 is 10.1 Å². The lowest BCUT2D eigenvalue weighted by atomic mass is 9.86. The van der Waals surface area contributed by atoms with Gasteiger partial charge in [0.2, 0.25) is 0 Å². The van der Waals surface area contributed by atoms with E-state index in [0.717, 1.165) is 18.0 Å². The topological polar surface area (TPSA) is 45.0 Å². The maximum absolute atomic E-state index is 9.08. The number of nitriles is 1. The number of benzene rings is 1. The molecule has 1 aliphatic rings. The standard InChI is InChI=1S/C16H22N2O/c1-12-5-3-4-6-15(12)18-11-13-7-8-16(19-2)14(9-13)10-17/h7-9,12,15,18H,3-6,11H2,1-2H3. The van der Waals surface area contributed by atoms with Crippen LogP contribution in [0.25, 0.3) is 0 Å². The largest absolute Gasteiger partial charge is 0.495 e. The van der Waals surface area contributed by atoms with Crippen LogP contribution in [-0.4, -0.2) is 13.2 Å². The van der Waals surface area contributed by atoms with E-state index >= 15 is 0 Å². The van der Waals surface area contributed by atoms with E-state index in [1.54, 1.807) is 7.11 Å². The van der Waals surface area contributed by atoms with Gasteiger partial charge in [-0.2, -0.15) is 5.26 Å². The number of nitrogens with one attached hydrogen (secondary N) is 1. The summed E-state index contributed by atoms with van der Waals surface area (Å²) in [6.07, 6.45) is 5.28. The van der Waals surface area contributed by atoms with E-state index in [1.165, 1.54) is 25.7 Å². The van der Waals surface area contributed by atoms with Crippen LogP contribution in [0.5, 0.6) is 5.75 Å². The zero-order valence-electron chi connectivity index (χ0n) is 11.8. The van der Waals surface area contributed by atoms with Crippen molar-refractivity contribution in [3.63, 3.8) is 0 Å². The van der Waals surface area contributed by atoms with E-state index in [1.807, 2.05) is 18.2 Å². The fourth-order valence-corrected chi connectivity index (χ4v) is 2.82. The highest BCUT2D eigenvalue weighted by molar-refractivity contribution is 5.45. The van der Waals surface area contributed by atoms with Crippen LogP contribution in [0.4, 0.5) is 0 Å². The van der Waals surface area contributed by atoms with Gasteiger partial charge in [-0.15, -0.1) is 0 Å². The average Bonchev–Trinajstić information content (AvgIpc) is 2.46. The van der Waals surface area contributed by atoms with E-state index in [-0.39, 0.29) is 0 Å². The van der Waals surface area contributed by atoms with Gasteiger partial charge in [-0.3, -0.25) is 0 Å². The lowest BCUT2D eigenvalue weighted by molar-refractivity contribution is 0.279. The summed E-state index contributed by atoms with van der Waals surface area (Å²) in [5.74, 6) is 1.40. The second kappa shape index (κ2) is 6.58. The summed E-state index contributed by atoms with van der Waals surface area (Å²) in [5.41, 5.74) is 1.76. The molecule has 3 nitrogen and oxygen atoms in total. The van der Waals surface area contributed by atoms with E-state index in [4.69, 9.17) is 10.00 Å². The molecule has 1 aromatic rings. The molecular weight excluding hydrogens is 236 g/mol. The zero-order valence-corrected chi connectivity index (χ0v) is 11.8. The first kappa shape index (κ1) is 13.9. The summed E-state index contributed by atoms with van der Waals surface area (Å²) in [7, 11) is 1.60. The molecule has 0 heterocycles. The first-order chi connectivity index (χ1) is 9.24. The molecule has 0 saturated heterocycles. The van der Waals surface area contributed by atoms with Gasteiger partial charge in [-0.25, -0.2) is 0 Å². The van der Waals surface area contributed by atoms with Crippen molar-refractivity contribution in [3.8, 4) is 11.8 Å². The number of hydrogen-bond donors (Lipinski definition) is 1. The first-order valence-electron chi connectivity index (χ1n) is 7.05. The molecule has 3 heteroatoms. The summed E-state index contributed by atoms with van der Waals surface area (Å²) in [5, 5.41) is 12.7. The Bertz CT molecular complexity index is 464. The lowest BCUT2D eigenvalue weighted by Crippen LogP contribution is -2.36. The Balaban J connectivity index is 1.98. The second-order valence-corrected chi connectivity index (χ2v) is 5.40. The van der Waals surface area contributed by atoms with Gasteiger partial charge in [-0.1, -0.05) is 25.8 Å². The maximum atomic E-state index is 9.08. The predicted octanol–water partition coefficient (Wildman–Crippen LogP) is 3.24. The minimum atomic E-state index is 0.610. The van der Waals surface area contributed by atoms with Crippen molar-refractivity contribution in [3.05, 3.63) is 29.3 Å². The van der Waals surface area contributed by atoms with Gasteiger partial charge in [0.25, 0.3) is 0 Å². The first-order valence-corrected chi connectivity index (χ1v) is 7.05. The van der Waals surface area contributed by atoms with Crippen LogP contribution in [-0.2, 0) is 6.54 Å². The van der Waals surface area contributed by atoms with Crippen molar-refractivity contribution < 1.29 is 4.74 Å². The number of rotatable bonds is 4. The van der Waals surface area contributed by atoms with E-state index in [2.05, 4.69) is 18.3 Å². The second-order valence-electron chi connectivity index (χ2n) is 5.40. The summed E-state index contributed by atoms with van der Waals surface area (Å²) in [4.78, 5) is 0. The van der Waals surface area contributed by atoms with Crippen LogP contribution in [0, 0.1) is 17.2 Å². The zero-order chi connectivity index (χ0) is 13.7. The van der Waals surface area contributed by atoms with Crippen LogP contribution < -0.4 is 10.1 Å². The molecule has 1 saturated carbocycles. The minimum Gasteiger partial charge on any atom is -0.495 e. The Morgan fingerprint density at radius 2 is 2.16 bits per heavy atom. The van der Waals surface area contributed by atoms with Crippen LogP contribution in [0.2, 0.25) is 0 Å². The number of nitrogens with zero attached hydrogens (tertiary/aromatic N) is 1. The van der Waals surface area contributed by atoms with E-state index < -0.39 is 0 Å². The SMILES string of the molecule is COc1ccc(CNC2CCCCC2C)cc1C#N. The Morgan fingerprint density at radius 3 is 2.84 bits per heavy atom. The highest BCUT2D eigenvalue weighted by atomic mass is 16.5. The quantitative estimate of drug-likeness (QED) is 0.901. The highest BCUT2D eigenvalue weighted by Gasteiger charge is 2.20. The predicted molar refractivity (Wildman–Crippen MR) is 76.0 cm³/mol. The van der Waals surface area contributed by atoms with Gasteiger partial charge >= 0.3 is 0 Å². The molecule has 1 N–H and O–H groups in total. The van der Waals surface area contributed by atoms with Crippen molar-refractivity contribution in [2.24, 2.45) is 5.92 Å². The molecule has 2 unspecified atom stereocenters. The molecule has 0 amide bonds. The molecule has 1 fully saturated rings. The van der Waals surface area contributed by atoms with E-state index in [0.29, 0.717) is 17.4 Å². The van der Waals surface area contributed by atoms with Crippen LogP contribution in [0.3, 0.4) is 0 Å². The summed E-state index contributed by atoms with van der Waals surface area (Å²) in [6.45, 7) is 3.15. The number of ether oxygens (including phenoxy) is 1. The third kappa shape index (κ3) is 3.48. The normalized spacial score (nSPS) is 22.8. The van der Waals surface area contributed by atoms with Crippen molar-refractivity contribution in [1.29, 1.82) is 5.26 Å². The Hall–Kier alpha value is -1.53. The fourth-order valence-electron chi connectivity index (χ4n) is 2.82. The molecule has 19 heavy (non-hydrogen) atoms. The molecule has 0 spiro atoms. The molecular formula is C16H22N2O. The maximum Gasteiger partial charge on any atom is 0.136 e. The van der Waals surface area contributed by atoms with Gasteiger partial charge in [-0.05, 0) is 36.5 Å². The summed E-state index contributed by atoms with van der Waals surface area (Å²) >= 11 is 0. The van der Waals surface area contributed by atoms with Crippen LogP contribution in [0.15, 0.2) is 18.2 Å². The third-order valence-electron chi connectivity index (χ3n) is 4.06. The fraction of sp³-hybridized carbons (Fsp3) is 0.562. The Labute approximate surface area is 115 Å². The summed E-state index contributed by atoms with van der Waals surface area (Å²) in [6, 6.07) is 8.61. The van der Waals surface area contributed by atoms with Gasteiger partial charge in [0.15, 0.2) is 0 Å². The lowest BCUT2D eigenvalue weighted by Gasteiger charge is -2.29. The van der Waals surface area contributed by atoms with E-state index in [9.17, 15) is 0 Å². The molecule has 2 atom stereocenters. The number of hydrogen-bond acceptors (Lipinski definition) is 3. The molecule has 0 aromatic heterocycles. The van der Waals surface area contributed by atoms with Gasteiger partial charge in [0.1, 0.15) is 11.8 Å². The Kier molecular flexibility index (Phi) is 4.81. The highest BCUT2D eigenvalue weighted by Crippen LogP contribution is 2.24. The molecule has 2 rings (SSSR count). The third-order valence-corrected chi connectivity index (χ3v) is 4.06. The minimum absolute atomic E-state index is 0.610. The van der Waals surface area contributed by atoms with Crippen LogP contribution >= 0.6 is 0 Å². The van der Waals surface area contributed by atoms with Crippen molar-refractivity contribution in [2.75, 3.05) is 7.11 Å². The number of methoxy groups -OCH3 is 1. The van der Waals surface area contributed by atoms with Gasteiger partial charge in [0, 0.05) is 12.6 Å². The Morgan fingerprint density at radius 1 is 1.37 bits per heavy atom. The van der Waals surface area contributed by atoms with Crippen LogP contribution in [0.1, 0.15) is 43.7 Å². The smallest absolute Gasteiger partial charge is 0.136 e. The monoisotopic (exact) mass is 258 g/mol. The molecule has 102 valence electrons. The van der Waals surface area contributed by atoms with Crippen molar-refractivity contribution in [1.82, 2.24) is 5.32 Å². The molecule has 1 aliphatic carbocycles.